The van der Waals surface area contributed by atoms with Crippen LogP contribution in [0, 0.1) is 5.82 Å². The van der Waals surface area contributed by atoms with Crippen molar-refractivity contribution in [2.24, 2.45) is 0 Å². The lowest BCUT2D eigenvalue weighted by Crippen LogP contribution is -2.22. The van der Waals surface area contributed by atoms with E-state index in [1.54, 1.807) is 0 Å². The molecule has 96 valence electrons. The van der Waals surface area contributed by atoms with Gasteiger partial charge in [0.1, 0.15) is 18.8 Å². The summed E-state index contributed by atoms with van der Waals surface area (Å²) in [5.41, 5.74) is -0.472. The van der Waals surface area contributed by atoms with Crippen LogP contribution in [0.15, 0.2) is 6.07 Å². The number of ketones is 1. The standard InChI is InChI=1S/C11H9FO6/c1-16-9-5(12)4-6-10(18-3-2-17-6)7(9)8(13)11(14)15/h4H,2-3H2,1H3,(H,14,15). The molecule has 6 nitrogen and oxygen atoms in total. The van der Waals surface area contributed by atoms with Crippen LogP contribution in [0.1, 0.15) is 10.4 Å². The molecule has 0 saturated heterocycles. The molecule has 1 aliphatic rings. The number of carboxylic acid groups (broad SMARTS) is 1. The summed E-state index contributed by atoms with van der Waals surface area (Å²) in [5, 5.41) is 8.72. The van der Waals surface area contributed by atoms with Crippen molar-refractivity contribution in [3.05, 3.63) is 17.4 Å². The molecule has 7 heteroatoms. The van der Waals surface area contributed by atoms with Crippen LogP contribution in [-0.4, -0.2) is 37.2 Å². The second-order valence-electron chi connectivity index (χ2n) is 3.43. The molecular weight excluding hydrogens is 247 g/mol. The van der Waals surface area contributed by atoms with Crippen LogP contribution in [0.25, 0.3) is 0 Å². The van der Waals surface area contributed by atoms with Gasteiger partial charge in [-0.3, -0.25) is 4.79 Å². The highest BCUT2D eigenvalue weighted by atomic mass is 19.1. The van der Waals surface area contributed by atoms with Crippen LogP contribution >= 0.6 is 0 Å². The van der Waals surface area contributed by atoms with Gasteiger partial charge in [-0.1, -0.05) is 0 Å². The summed E-state index contributed by atoms with van der Waals surface area (Å²) in [4.78, 5) is 22.3. The first-order valence-electron chi connectivity index (χ1n) is 5.00. The second kappa shape index (κ2) is 4.52. The summed E-state index contributed by atoms with van der Waals surface area (Å²) >= 11 is 0. The number of halogens is 1. The normalized spacial score (nSPS) is 13.0. The van der Waals surface area contributed by atoms with Crippen LogP contribution in [-0.2, 0) is 4.79 Å². The van der Waals surface area contributed by atoms with E-state index in [1.807, 2.05) is 0 Å². The molecule has 0 atom stereocenters. The van der Waals surface area contributed by atoms with Crippen molar-refractivity contribution in [2.75, 3.05) is 20.3 Å². The van der Waals surface area contributed by atoms with Gasteiger partial charge in [-0.25, -0.2) is 9.18 Å². The van der Waals surface area contributed by atoms with Crippen molar-refractivity contribution in [3.63, 3.8) is 0 Å². The van der Waals surface area contributed by atoms with Gasteiger partial charge in [0.2, 0.25) is 0 Å². The molecule has 1 aliphatic heterocycles. The minimum Gasteiger partial charge on any atom is -0.493 e. The smallest absolute Gasteiger partial charge is 0.377 e. The van der Waals surface area contributed by atoms with E-state index in [2.05, 4.69) is 0 Å². The van der Waals surface area contributed by atoms with E-state index in [0.29, 0.717) is 0 Å². The molecule has 1 aromatic carbocycles. The van der Waals surface area contributed by atoms with Gasteiger partial charge in [-0.05, 0) is 0 Å². The van der Waals surface area contributed by atoms with Gasteiger partial charge in [0.25, 0.3) is 5.78 Å². The maximum absolute atomic E-state index is 13.7. The van der Waals surface area contributed by atoms with Gasteiger partial charge in [0.15, 0.2) is 23.1 Å². The number of benzene rings is 1. The Morgan fingerprint density at radius 1 is 1.39 bits per heavy atom. The lowest BCUT2D eigenvalue weighted by molar-refractivity contribution is -0.131. The predicted molar refractivity (Wildman–Crippen MR) is 55.9 cm³/mol. The number of hydrogen-bond donors (Lipinski definition) is 1. The Labute approximate surface area is 101 Å². The highest BCUT2D eigenvalue weighted by Crippen LogP contribution is 2.41. The Morgan fingerprint density at radius 3 is 2.67 bits per heavy atom. The number of hydrogen-bond acceptors (Lipinski definition) is 5. The Hall–Kier alpha value is -2.31. The Balaban J connectivity index is 2.69. The summed E-state index contributed by atoms with van der Waals surface area (Å²) in [6.07, 6.45) is 0. The highest BCUT2D eigenvalue weighted by Gasteiger charge is 2.31. The fourth-order valence-electron chi connectivity index (χ4n) is 1.65. The SMILES string of the molecule is COc1c(F)cc2c(c1C(=O)C(=O)O)OCCO2. The molecule has 0 aliphatic carbocycles. The van der Waals surface area contributed by atoms with Gasteiger partial charge < -0.3 is 19.3 Å². The third-order valence-corrected chi connectivity index (χ3v) is 2.37. The number of carbonyl (C=O) groups is 2. The molecule has 0 saturated carbocycles. The average Bonchev–Trinajstić information content (AvgIpc) is 2.36. The number of fused-ring (bicyclic) bond motifs is 1. The largest absolute Gasteiger partial charge is 0.493 e. The first-order chi connectivity index (χ1) is 8.56. The molecule has 0 radical (unpaired) electrons. The van der Waals surface area contributed by atoms with Crippen LogP contribution in [0.5, 0.6) is 17.2 Å². The molecule has 2 rings (SSSR count). The molecule has 1 aromatic rings. The van der Waals surface area contributed by atoms with Gasteiger partial charge >= 0.3 is 5.97 Å². The van der Waals surface area contributed by atoms with Gasteiger partial charge in [-0.15, -0.1) is 0 Å². The molecule has 1 N–H and O–H groups in total. The quantitative estimate of drug-likeness (QED) is 0.638. The van der Waals surface area contributed by atoms with Crippen LogP contribution < -0.4 is 14.2 Å². The number of carbonyl (C=O) groups excluding carboxylic acids is 1. The lowest BCUT2D eigenvalue weighted by Gasteiger charge is -2.21. The Bertz CT molecular complexity index is 525. The third kappa shape index (κ3) is 1.83. The fraction of sp³-hybridized carbons (Fsp3) is 0.273. The minimum atomic E-state index is -1.73. The van der Waals surface area contributed by atoms with Gasteiger partial charge in [0, 0.05) is 6.07 Å². The molecule has 0 spiro atoms. The van der Waals surface area contributed by atoms with E-state index in [-0.39, 0.29) is 24.7 Å². The van der Waals surface area contributed by atoms with Gasteiger partial charge in [-0.2, -0.15) is 0 Å². The van der Waals surface area contributed by atoms with E-state index in [4.69, 9.17) is 19.3 Å². The van der Waals surface area contributed by atoms with E-state index in [1.165, 1.54) is 0 Å². The molecule has 0 aromatic heterocycles. The maximum Gasteiger partial charge on any atom is 0.377 e. The highest BCUT2D eigenvalue weighted by molar-refractivity contribution is 6.41. The van der Waals surface area contributed by atoms with Crippen LogP contribution in [0.2, 0.25) is 0 Å². The zero-order chi connectivity index (χ0) is 13.3. The van der Waals surface area contributed by atoms with Crippen molar-refractivity contribution >= 4 is 11.8 Å². The van der Waals surface area contributed by atoms with Gasteiger partial charge in [0.05, 0.1) is 7.11 Å². The predicted octanol–water partition coefficient (Wildman–Crippen LogP) is 0.873. The Morgan fingerprint density at radius 2 is 2.06 bits per heavy atom. The zero-order valence-corrected chi connectivity index (χ0v) is 9.36. The number of aliphatic carboxylic acids is 1. The van der Waals surface area contributed by atoms with E-state index >= 15 is 0 Å². The zero-order valence-electron chi connectivity index (χ0n) is 9.36. The number of Topliss-reactive ketones (excluding diaryl/α,β-unsaturated/α-hetero) is 1. The summed E-state index contributed by atoms with van der Waals surface area (Å²) in [7, 11) is 1.13. The van der Waals surface area contributed by atoms with Crippen molar-refractivity contribution in [2.45, 2.75) is 0 Å². The van der Waals surface area contributed by atoms with Crippen molar-refractivity contribution in [1.29, 1.82) is 0 Å². The van der Waals surface area contributed by atoms with Crippen molar-refractivity contribution in [1.82, 2.24) is 0 Å². The van der Waals surface area contributed by atoms with E-state index in [0.717, 1.165) is 13.2 Å². The number of ether oxygens (including phenoxy) is 3. The number of carboxylic acids is 1. The summed E-state index contributed by atoms with van der Waals surface area (Å²) in [6, 6.07) is 0.992. The minimum absolute atomic E-state index is 0.0100. The van der Waals surface area contributed by atoms with Crippen LogP contribution in [0.4, 0.5) is 4.39 Å². The Kier molecular flexibility index (Phi) is 3.05. The average molecular weight is 256 g/mol. The van der Waals surface area contributed by atoms with Crippen LogP contribution in [0.3, 0.4) is 0 Å². The van der Waals surface area contributed by atoms with E-state index in [9.17, 15) is 14.0 Å². The molecule has 0 unspecified atom stereocenters. The monoisotopic (exact) mass is 256 g/mol. The number of methoxy groups -OCH3 is 1. The molecule has 0 bridgehead atoms. The van der Waals surface area contributed by atoms with E-state index < -0.39 is 28.9 Å². The molecular formula is C11H9FO6. The first-order valence-corrected chi connectivity index (χ1v) is 5.00. The molecule has 1 heterocycles. The summed E-state index contributed by atoms with van der Waals surface area (Å²) in [6.45, 7) is 0.334. The fourth-order valence-corrected chi connectivity index (χ4v) is 1.65. The first kappa shape index (κ1) is 12.2. The maximum atomic E-state index is 13.7. The summed E-state index contributed by atoms with van der Waals surface area (Å²) < 4.78 is 28.7. The topological polar surface area (TPSA) is 82.1 Å². The molecule has 18 heavy (non-hydrogen) atoms. The third-order valence-electron chi connectivity index (χ3n) is 2.37. The lowest BCUT2D eigenvalue weighted by atomic mass is 10.1. The second-order valence-corrected chi connectivity index (χ2v) is 3.43. The van der Waals surface area contributed by atoms with Crippen molar-refractivity contribution < 1.29 is 33.3 Å². The molecule has 0 fully saturated rings. The molecule has 0 amide bonds. The van der Waals surface area contributed by atoms with Crippen molar-refractivity contribution in [3.8, 4) is 17.2 Å². The summed E-state index contributed by atoms with van der Waals surface area (Å²) in [5.74, 6) is -4.50. The number of rotatable bonds is 3.